The van der Waals surface area contributed by atoms with Crippen LogP contribution in [0.1, 0.15) is 16.7 Å². The van der Waals surface area contributed by atoms with E-state index in [0.717, 1.165) is 16.7 Å². The molecule has 5 heteroatoms. The SMILES string of the molecule is Cc1cc(C)c(OCC(=O)Nc2ncccc2O)c(C)c1. The Balaban J connectivity index is 2.01. The minimum absolute atomic E-state index is 0.0754. The summed E-state index contributed by atoms with van der Waals surface area (Å²) in [5, 5.41) is 12.1. The normalized spacial score (nSPS) is 10.2. The van der Waals surface area contributed by atoms with Gasteiger partial charge in [0.1, 0.15) is 5.75 Å². The molecule has 1 aromatic carbocycles. The first kappa shape index (κ1) is 14.8. The van der Waals surface area contributed by atoms with Crippen LogP contribution in [0.5, 0.6) is 11.5 Å². The summed E-state index contributed by atoms with van der Waals surface area (Å²) >= 11 is 0. The van der Waals surface area contributed by atoms with E-state index in [9.17, 15) is 9.90 Å². The maximum absolute atomic E-state index is 11.8. The molecule has 0 spiro atoms. The number of rotatable bonds is 4. The van der Waals surface area contributed by atoms with Crippen molar-refractivity contribution in [2.24, 2.45) is 0 Å². The highest BCUT2D eigenvalue weighted by molar-refractivity contribution is 5.92. The minimum atomic E-state index is -0.372. The van der Waals surface area contributed by atoms with Crippen LogP contribution in [-0.4, -0.2) is 22.6 Å². The van der Waals surface area contributed by atoms with E-state index in [1.165, 1.54) is 12.3 Å². The van der Waals surface area contributed by atoms with Crippen molar-refractivity contribution in [1.29, 1.82) is 0 Å². The first-order valence-corrected chi connectivity index (χ1v) is 6.62. The van der Waals surface area contributed by atoms with Gasteiger partial charge in [-0.3, -0.25) is 4.79 Å². The highest BCUT2D eigenvalue weighted by Gasteiger charge is 2.10. The second kappa shape index (κ2) is 6.26. The molecular weight excluding hydrogens is 268 g/mol. The fourth-order valence-corrected chi connectivity index (χ4v) is 2.19. The first-order chi connectivity index (χ1) is 9.97. The van der Waals surface area contributed by atoms with Crippen LogP contribution in [0.25, 0.3) is 0 Å². The second-order valence-corrected chi connectivity index (χ2v) is 4.94. The van der Waals surface area contributed by atoms with Gasteiger partial charge in [-0.15, -0.1) is 0 Å². The van der Waals surface area contributed by atoms with Gasteiger partial charge in [-0.1, -0.05) is 17.7 Å². The molecule has 0 atom stereocenters. The average Bonchev–Trinajstić information content (AvgIpc) is 2.40. The first-order valence-electron chi connectivity index (χ1n) is 6.62. The van der Waals surface area contributed by atoms with Gasteiger partial charge in [-0.2, -0.15) is 0 Å². The van der Waals surface area contributed by atoms with Crippen LogP contribution in [0.3, 0.4) is 0 Å². The number of benzene rings is 1. The lowest BCUT2D eigenvalue weighted by molar-refractivity contribution is -0.118. The van der Waals surface area contributed by atoms with Crippen LogP contribution in [-0.2, 0) is 4.79 Å². The van der Waals surface area contributed by atoms with Crippen molar-refractivity contribution in [2.45, 2.75) is 20.8 Å². The van der Waals surface area contributed by atoms with E-state index in [1.807, 2.05) is 32.9 Å². The molecule has 0 aliphatic carbocycles. The Morgan fingerprint density at radius 2 is 1.95 bits per heavy atom. The van der Waals surface area contributed by atoms with Crippen LogP contribution in [0.4, 0.5) is 5.82 Å². The highest BCUT2D eigenvalue weighted by atomic mass is 16.5. The average molecular weight is 286 g/mol. The topological polar surface area (TPSA) is 71.5 Å². The molecule has 0 radical (unpaired) electrons. The molecule has 0 aliphatic rings. The summed E-state index contributed by atoms with van der Waals surface area (Å²) < 4.78 is 5.57. The summed E-state index contributed by atoms with van der Waals surface area (Å²) in [6.07, 6.45) is 1.49. The van der Waals surface area contributed by atoms with Crippen molar-refractivity contribution < 1.29 is 14.6 Å². The van der Waals surface area contributed by atoms with Gasteiger partial charge < -0.3 is 15.2 Å². The Kier molecular flexibility index (Phi) is 4.42. The van der Waals surface area contributed by atoms with Gasteiger partial charge in [0, 0.05) is 6.20 Å². The van der Waals surface area contributed by atoms with Crippen molar-refractivity contribution in [1.82, 2.24) is 4.98 Å². The third kappa shape index (κ3) is 3.72. The summed E-state index contributed by atoms with van der Waals surface area (Å²) in [7, 11) is 0. The fourth-order valence-electron chi connectivity index (χ4n) is 2.19. The van der Waals surface area contributed by atoms with Crippen LogP contribution in [0.2, 0.25) is 0 Å². The molecule has 1 heterocycles. The molecule has 0 saturated heterocycles. The molecule has 2 aromatic rings. The molecule has 0 unspecified atom stereocenters. The van der Waals surface area contributed by atoms with Crippen LogP contribution in [0.15, 0.2) is 30.5 Å². The van der Waals surface area contributed by atoms with Crippen molar-refractivity contribution in [3.8, 4) is 11.5 Å². The van der Waals surface area contributed by atoms with Crippen molar-refractivity contribution in [3.05, 3.63) is 47.2 Å². The maximum Gasteiger partial charge on any atom is 0.263 e. The number of aromatic nitrogens is 1. The van der Waals surface area contributed by atoms with Crippen molar-refractivity contribution >= 4 is 11.7 Å². The molecule has 5 nitrogen and oxygen atoms in total. The van der Waals surface area contributed by atoms with E-state index >= 15 is 0 Å². The standard InChI is InChI=1S/C16H18N2O3/c1-10-7-11(2)15(12(3)8-10)21-9-14(20)18-16-13(19)5-4-6-17-16/h4-8,19H,9H2,1-3H3,(H,17,18,20). The van der Waals surface area contributed by atoms with E-state index in [0.29, 0.717) is 5.75 Å². The molecule has 0 bridgehead atoms. The Morgan fingerprint density at radius 1 is 1.29 bits per heavy atom. The van der Waals surface area contributed by atoms with Crippen molar-refractivity contribution in [3.63, 3.8) is 0 Å². The summed E-state index contributed by atoms with van der Waals surface area (Å²) in [5.74, 6) is 0.390. The summed E-state index contributed by atoms with van der Waals surface area (Å²) in [6.45, 7) is 5.76. The number of anilines is 1. The predicted molar refractivity (Wildman–Crippen MR) is 80.7 cm³/mol. The van der Waals surface area contributed by atoms with E-state index < -0.39 is 0 Å². The Morgan fingerprint density at radius 3 is 2.57 bits per heavy atom. The zero-order valence-corrected chi connectivity index (χ0v) is 12.3. The molecule has 21 heavy (non-hydrogen) atoms. The van der Waals surface area contributed by atoms with Gasteiger partial charge in [0.05, 0.1) is 0 Å². The summed E-state index contributed by atoms with van der Waals surface area (Å²) in [5.41, 5.74) is 3.13. The van der Waals surface area contributed by atoms with Gasteiger partial charge >= 0.3 is 0 Å². The number of hydrogen-bond acceptors (Lipinski definition) is 4. The molecule has 2 N–H and O–H groups in total. The highest BCUT2D eigenvalue weighted by Crippen LogP contribution is 2.24. The number of amides is 1. The Hall–Kier alpha value is -2.56. The number of hydrogen-bond donors (Lipinski definition) is 2. The molecule has 1 aromatic heterocycles. The quantitative estimate of drug-likeness (QED) is 0.906. The number of carbonyl (C=O) groups is 1. The number of nitrogens with zero attached hydrogens (tertiary/aromatic N) is 1. The number of aryl methyl sites for hydroxylation is 3. The van der Waals surface area contributed by atoms with Gasteiger partial charge in [0.25, 0.3) is 5.91 Å². The van der Waals surface area contributed by atoms with E-state index in [2.05, 4.69) is 10.3 Å². The molecule has 110 valence electrons. The largest absolute Gasteiger partial charge is 0.504 e. The third-order valence-corrected chi connectivity index (χ3v) is 3.00. The second-order valence-electron chi connectivity index (χ2n) is 4.94. The van der Waals surface area contributed by atoms with Crippen LogP contribution >= 0.6 is 0 Å². The number of aromatic hydroxyl groups is 1. The lowest BCUT2D eigenvalue weighted by atomic mass is 10.1. The molecule has 0 saturated carbocycles. The number of carbonyl (C=O) groups excluding carboxylic acids is 1. The zero-order chi connectivity index (χ0) is 15.4. The van der Waals surface area contributed by atoms with Gasteiger partial charge in [-0.25, -0.2) is 4.98 Å². The molecule has 0 aliphatic heterocycles. The van der Waals surface area contributed by atoms with Gasteiger partial charge in [0.15, 0.2) is 18.2 Å². The fraction of sp³-hybridized carbons (Fsp3) is 0.250. The van der Waals surface area contributed by atoms with Crippen LogP contribution in [0, 0.1) is 20.8 Å². The van der Waals surface area contributed by atoms with Crippen LogP contribution < -0.4 is 10.1 Å². The van der Waals surface area contributed by atoms with E-state index in [1.54, 1.807) is 6.07 Å². The zero-order valence-electron chi connectivity index (χ0n) is 12.3. The summed E-state index contributed by atoms with van der Waals surface area (Å²) in [4.78, 5) is 15.7. The molecule has 1 amide bonds. The van der Waals surface area contributed by atoms with Crippen molar-refractivity contribution in [2.75, 3.05) is 11.9 Å². The molecule has 0 fully saturated rings. The lowest BCUT2D eigenvalue weighted by Gasteiger charge is -2.13. The number of nitrogens with one attached hydrogen (secondary N) is 1. The maximum atomic E-state index is 11.8. The van der Waals surface area contributed by atoms with E-state index in [-0.39, 0.29) is 24.1 Å². The Bertz CT molecular complexity index is 645. The molecule has 2 rings (SSSR count). The predicted octanol–water partition coefficient (Wildman–Crippen LogP) is 2.73. The van der Waals surface area contributed by atoms with Gasteiger partial charge in [0.2, 0.25) is 0 Å². The number of ether oxygens (including phenoxy) is 1. The van der Waals surface area contributed by atoms with E-state index in [4.69, 9.17) is 4.74 Å². The third-order valence-electron chi connectivity index (χ3n) is 3.00. The smallest absolute Gasteiger partial charge is 0.263 e. The Labute approximate surface area is 123 Å². The molecular formula is C16H18N2O3. The monoisotopic (exact) mass is 286 g/mol. The number of pyridine rings is 1. The lowest BCUT2D eigenvalue weighted by Crippen LogP contribution is -2.21. The summed E-state index contributed by atoms with van der Waals surface area (Å²) in [6, 6.07) is 7.05. The minimum Gasteiger partial charge on any atom is -0.504 e. The van der Waals surface area contributed by atoms with Gasteiger partial charge in [-0.05, 0) is 44.0 Å².